The normalized spacial score (nSPS) is 12.9. The number of benzene rings is 2. The third kappa shape index (κ3) is 7.88. The summed E-state index contributed by atoms with van der Waals surface area (Å²) in [5.74, 6) is -0.734. The molecular formula is C25H33NO3S. The lowest BCUT2D eigenvalue weighted by Gasteiger charge is -2.20. The number of hydrogen-bond donors (Lipinski definition) is 2. The Balaban J connectivity index is 2.00. The van der Waals surface area contributed by atoms with Gasteiger partial charge in [-0.2, -0.15) is 0 Å². The Morgan fingerprint density at radius 2 is 1.73 bits per heavy atom. The Morgan fingerprint density at radius 3 is 2.33 bits per heavy atom. The van der Waals surface area contributed by atoms with Gasteiger partial charge in [0.25, 0.3) is 0 Å². The van der Waals surface area contributed by atoms with Gasteiger partial charge in [0, 0.05) is 25.5 Å². The zero-order chi connectivity index (χ0) is 21.8. The highest BCUT2D eigenvalue weighted by molar-refractivity contribution is 7.80. The molecule has 2 aromatic rings. The van der Waals surface area contributed by atoms with E-state index < -0.39 is 12.1 Å². The van der Waals surface area contributed by atoms with Gasteiger partial charge in [0.05, 0.1) is 4.99 Å². The monoisotopic (exact) mass is 427 g/mol. The van der Waals surface area contributed by atoms with Crippen LogP contribution in [0.2, 0.25) is 0 Å². The van der Waals surface area contributed by atoms with Gasteiger partial charge in [-0.05, 0) is 42.9 Å². The summed E-state index contributed by atoms with van der Waals surface area (Å²) in [5.41, 5.74) is 3.43. The van der Waals surface area contributed by atoms with E-state index in [0.717, 1.165) is 42.8 Å². The molecule has 0 bridgehead atoms. The Labute approximate surface area is 185 Å². The van der Waals surface area contributed by atoms with Crippen molar-refractivity contribution in [1.29, 1.82) is 0 Å². The SMILES string of the molecule is CCCCNC(=S)[C@H](CCc1ccc(C[C@@H](OCC)C(=O)O)cc1)c1ccccc1. The van der Waals surface area contributed by atoms with Gasteiger partial charge in [0.2, 0.25) is 0 Å². The largest absolute Gasteiger partial charge is 0.479 e. The fourth-order valence-electron chi connectivity index (χ4n) is 3.43. The van der Waals surface area contributed by atoms with Crippen LogP contribution in [0.3, 0.4) is 0 Å². The molecule has 4 nitrogen and oxygen atoms in total. The molecule has 0 saturated carbocycles. The average molecular weight is 428 g/mol. The first-order valence-electron chi connectivity index (χ1n) is 10.8. The summed E-state index contributed by atoms with van der Waals surface area (Å²) in [4.78, 5) is 12.2. The molecule has 0 radical (unpaired) electrons. The molecule has 0 saturated heterocycles. The maximum Gasteiger partial charge on any atom is 0.333 e. The molecule has 0 spiro atoms. The Morgan fingerprint density at radius 1 is 1.07 bits per heavy atom. The second-order valence-electron chi connectivity index (χ2n) is 7.45. The van der Waals surface area contributed by atoms with E-state index in [1.54, 1.807) is 0 Å². The van der Waals surface area contributed by atoms with Gasteiger partial charge >= 0.3 is 5.97 Å². The van der Waals surface area contributed by atoms with Gasteiger partial charge in [0.1, 0.15) is 0 Å². The molecule has 30 heavy (non-hydrogen) atoms. The molecular weight excluding hydrogens is 394 g/mol. The minimum Gasteiger partial charge on any atom is -0.479 e. The summed E-state index contributed by atoms with van der Waals surface area (Å²) in [6, 6.07) is 18.6. The molecule has 2 N–H and O–H groups in total. The van der Waals surface area contributed by atoms with E-state index in [-0.39, 0.29) is 5.92 Å². The highest BCUT2D eigenvalue weighted by Gasteiger charge is 2.19. The van der Waals surface area contributed by atoms with Gasteiger partial charge in [0.15, 0.2) is 6.10 Å². The Kier molecular flexibility index (Phi) is 10.5. The maximum absolute atomic E-state index is 11.3. The van der Waals surface area contributed by atoms with Gasteiger partial charge < -0.3 is 15.2 Å². The molecule has 2 rings (SSSR count). The van der Waals surface area contributed by atoms with E-state index >= 15 is 0 Å². The zero-order valence-corrected chi connectivity index (χ0v) is 18.8. The van der Waals surface area contributed by atoms with Crippen molar-refractivity contribution in [3.8, 4) is 0 Å². The number of unbranched alkanes of at least 4 members (excludes halogenated alkanes) is 1. The van der Waals surface area contributed by atoms with Crippen LogP contribution in [0.25, 0.3) is 0 Å². The summed E-state index contributed by atoms with van der Waals surface area (Å²) in [6.45, 7) is 5.29. The van der Waals surface area contributed by atoms with Crippen molar-refractivity contribution < 1.29 is 14.6 Å². The minimum atomic E-state index is -0.921. The molecule has 0 aliphatic carbocycles. The van der Waals surface area contributed by atoms with E-state index in [1.807, 2.05) is 25.1 Å². The van der Waals surface area contributed by atoms with Gasteiger partial charge in [-0.25, -0.2) is 4.79 Å². The molecule has 0 fully saturated rings. The van der Waals surface area contributed by atoms with Gasteiger partial charge in [-0.1, -0.05) is 80.2 Å². The molecule has 2 atom stereocenters. The Bertz CT molecular complexity index is 777. The lowest BCUT2D eigenvalue weighted by molar-refractivity contribution is -0.149. The van der Waals surface area contributed by atoms with Gasteiger partial charge in [-0.3, -0.25) is 0 Å². The number of rotatable bonds is 13. The molecule has 0 aromatic heterocycles. The van der Waals surface area contributed by atoms with Crippen molar-refractivity contribution in [3.05, 3.63) is 71.3 Å². The predicted molar refractivity (Wildman–Crippen MR) is 126 cm³/mol. The highest BCUT2D eigenvalue weighted by atomic mass is 32.1. The number of nitrogens with one attached hydrogen (secondary N) is 1. The summed E-state index contributed by atoms with van der Waals surface area (Å²) in [7, 11) is 0. The van der Waals surface area contributed by atoms with E-state index in [1.165, 1.54) is 11.1 Å². The van der Waals surface area contributed by atoms with E-state index in [4.69, 9.17) is 17.0 Å². The van der Waals surface area contributed by atoms with Crippen molar-refractivity contribution in [1.82, 2.24) is 5.32 Å². The van der Waals surface area contributed by atoms with E-state index in [0.29, 0.717) is 13.0 Å². The lowest BCUT2D eigenvalue weighted by Crippen LogP contribution is -2.28. The van der Waals surface area contributed by atoms with Crippen LogP contribution in [-0.2, 0) is 22.4 Å². The van der Waals surface area contributed by atoms with Crippen LogP contribution in [-0.4, -0.2) is 35.3 Å². The van der Waals surface area contributed by atoms with Crippen LogP contribution >= 0.6 is 12.2 Å². The van der Waals surface area contributed by atoms with Crippen LogP contribution in [0, 0.1) is 0 Å². The summed E-state index contributed by atoms with van der Waals surface area (Å²) in [5, 5.41) is 12.7. The number of ether oxygens (including phenoxy) is 1. The van der Waals surface area contributed by atoms with Crippen LogP contribution < -0.4 is 5.32 Å². The first-order chi connectivity index (χ1) is 14.5. The number of carboxylic acid groups (broad SMARTS) is 1. The minimum absolute atomic E-state index is 0.187. The fraction of sp³-hybridized carbons (Fsp3) is 0.440. The van der Waals surface area contributed by atoms with Crippen LogP contribution in [0.15, 0.2) is 54.6 Å². The van der Waals surface area contributed by atoms with E-state index in [9.17, 15) is 9.90 Å². The maximum atomic E-state index is 11.3. The number of aryl methyl sites for hydroxylation is 1. The fourth-order valence-corrected chi connectivity index (χ4v) is 3.79. The average Bonchev–Trinajstić information content (AvgIpc) is 2.75. The molecule has 0 heterocycles. The zero-order valence-electron chi connectivity index (χ0n) is 18.0. The number of hydrogen-bond acceptors (Lipinski definition) is 3. The first kappa shape index (κ1) is 24.0. The molecule has 0 aliphatic heterocycles. The number of carboxylic acids is 1. The van der Waals surface area contributed by atoms with Gasteiger partial charge in [-0.15, -0.1) is 0 Å². The molecule has 5 heteroatoms. The first-order valence-corrected chi connectivity index (χ1v) is 11.2. The summed E-state index contributed by atoms with van der Waals surface area (Å²) >= 11 is 5.72. The summed E-state index contributed by atoms with van der Waals surface area (Å²) < 4.78 is 5.31. The number of aliphatic carboxylic acids is 1. The summed E-state index contributed by atoms with van der Waals surface area (Å²) in [6.07, 6.45) is 3.67. The smallest absolute Gasteiger partial charge is 0.333 e. The number of carbonyl (C=O) groups is 1. The van der Waals surface area contributed by atoms with Crippen LogP contribution in [0.4, 0.5) is 0 Å². The second-order valence-corrected chi connectivity index (χ2v) is 7.89. The van der Waals surface area contributed by atoms with Crippen LogP contribution in [0.1, 0.15) is 55.7 Å². The molecule has 0 amide bonds. The second kappa shape index (κ2) is 13.1. The standard InChI is InChI=1S/C25H33NO3S/c1-3-5-17-26-24(30)22(21-9-7-6-8-10-21)16-15-19-11-13-20(14-12-19)18-23(25(27)28)29-4-2/h6-14,22-23H,3-5,15-18H2,1-2H3,(H,26,30)(H,27,28)/t22-,23-/m1/s1. The molecule has 162 valence electrons. The van der Waals surface area contributed by atoms with Crippen molar-refractivity contribution in [2.24, 2.45) is 0 Å². The van der Waals surface area contributed by atoms with E-state index in [2.05, 4.69) is 48.6 Å². The van der Waals surface area contributed by atoms with Crippen molar-refractivity contribution in [2.75, 3.05) is 13.2 Å². The van der Waals surface area contributed by atoms with Crippen molar-refractivity contribution >= 4 is 23.2 Å². The van der Waals surface area contributed by atoms with Crippen molar-refractivity contribution in [2.45, 2.75) is 58.0 Å². The Hall–Kier alpha value is -2.24. The third-order valence-corrected chi connectivity index (χ3v) is 5.59. The molecule has 0 aliphatic rings. The number of thiocarbonyl (C=S) groups is 1. The third-order valence-electron chi connectivity index (χ3n) is 5.16. The molecule has 2 aromatic carbocycles. The topological polar surface area (TPSA) is 58.6 Å². The predicted octanol–water partition coefficient (Wildman–Crippen LogP) is 5.15. The van der Waals surface area contributed by atoms with Crippen LogP contribution in [0.5, 0.6) is 0 Å². The quantitative estimate of drug-likeness (QED) is 0.342. The molecule has 0 unspecified atom stereocenters. The van der Waals surface area contributed by atoms with Crippen molar-refractivity contribution in [3.63, 3.8) is 0 Å². The lowest BCUT2D eigenvalue weighted by atomic mass is 9.91. The highest BCUT2D eigenvalue weighted by Crippen LogP contribution is 2.23.